The Morgan fingerprint density at radius 3 is 1.69 bits per heavy atom. The Kier molecular flexibility index (Phi) is 3.58. The summed E-state index contributed by atoms with van der Waals surface area (Å²) in [7, 11) is 3.20. The second-order valence-corrected chi connectivity index (χ2v) is 3.87. The lowest BCUT2D eigenvalue weighted by atomic mass is 9.95. The summed E-state index contributed by atoms with van der Waals surface area (Å²) in [4.78, 5) is 11.6. The Hall–Kier alpha value is -1.51. The van der Waals surface area contributed by atoms with E-state index >= 15 is 0 Å². The second kappa shape index (κ2) is 4.56. The number of methoxy groups -OCH3 is 2. The van der Waals surface area contributed by atoms with Crippen molar-refractivity contribution >= 4 is 5.78 Å². The SMILES string of the molecule is COc1c(C)c(C)c(OC)c(C(C)=O)c1C. The van der Waals surface area contributed by atoms with Gasteiger partial charge in [0.05, 0.1) is 19.8 Å². The monoisotopic (exact) mass is 222 g/mol. The van der Waals surface area contributed by atoms with Crippen LogP contribution in [0.25, 0.3) is 0 Å². The van der Waals surface area contributed by atoms with E-state index in [4.69, 9.17) is 9.47 Å². The number of rotatable bonds is 3. The third-order valence-electron chi connectivity index (χ3n) is 2.95. The number of carbonyl (C=O) groups is 1. The van der Waals surface area contributed by atoms with Crippen LogP contribution in [0.15, 0.2) is 0 Å². The minimum Gasteiger partial charge on any atom is -0.496 e. The van der Waals surface area contributed by atoms with E-state index in [2.05, 4.69) is 0 Å². The van der Waals surface area contributed by atoms with E-state index in [0.29, 0.717) is 11.3 Å². The van der Waals surface area contributed by atoms with Crippen LogP contribution in [-0.4, -0.2) is 20.0 Å². The van der Waals surface area contributed by atoms with Crippen molar-refractivity contribution in [2.45, 2.75) is 27.7 Å². The Morgan fingerprint density at radius 2 is 1.31 bits per heavy atom. The van der Waals surface area contributed by atoms with Gasteiger partial charge in [-0.1, -0.05) is 0 Å². The average molecular weight is 222 g/mol. The number of ketones is 1. The first-order valence-corrected chi connectivity index (χ1v) is 5.18. The molecule has 0 radical (unpaired) electrons. The van der Waals surface area contributed by atoms with Gasteiger partial charge in [-0.15, -0.1) is 0 Å². The zero-order valence-corrected chi connectivity index (χ0v) is 10.7. The van der Waals surface area contributed by atoms with Gasteiger partial charge in [0.25, 0.3) is 0 Å². The quantitative estimate of drug-likeness (QED) is 0.738. The summed E-state index contributed by atoms with van der Waals surface area (Å²) >= 11 is 0. The molecular formula is C13H18O3. The molecular weight excluding hydrogens is 204 g/mol. The van der Waals surface area contributed by atoms with Gasteiger partial charge >= 0.3 is 0 Å². The van der Waals surface area contributed by atoms with Crippen LogP contribution in [0.2, 0.25) is 0 Å². The van der Waals surface area contributed by atoms with Gasteiger partial charge in [0.2, 0.25) is 0 Å². The Balaban J connectivity index is 3.71. The third-order valence-corrected chi connectivity index (χ3v) is 2.95. The lowest BCUT2D eigenvalue weighted by molar-refractivity contribution is 0.101. The fourth-order valence-corrected chi connectivity index (χ4v) is 2.08. The number of benzene rings is 1. The molecule has 0 aliphatic heterocycles. The molecule has 0 saturated carbocycles. The van der Waals surface area contributed by atoms with E-state index in [1.165, 1.54) is 0 Å². The highest BCUT2D eigenvalue weighted by molar-refractivity contribution is 5.99. The van der Waals surface area contributed by atoms with E-state index in [-0.39, 0.29) is 5.78 Å². The number of hydrogen-bond acceptors (Lipinski definition) is 3. The number of ether oxygens (including phenoxy) is 2. The van der Waals surface area contributed by atoms with Crippen molar-refractivity contribution in [3.8, 4) is 11.5 Å². The normalized spacial score (nSPS) is 10.1. The van der Waals surface area contributed by atoms with Crippen molar-refractivity contribution in [2.24, 2.45) is 0 Å². The first-order valence-electron chi connectivity index (χ1n) is 5.18. The highest BCUT2D eigenvalue weighted by Crippen LogP contribution is 2.37. The molecule has 3 nitrogen and oxygen atoms in total. The second-order valence-electron chi connectivity index (χ2n) is 3.87. The molecule has 0 unspecified atom stereocenters. The zero-order valence-electron chi connectivity index (χ0n) is 10.7. The Morgan fingerprint density at radius 1 is 0.875 bits per heavy atom. The summed E-state index contributed by atoms with van der Waals surface area (Å²) in [6.45, 7) is 7.32. The minimum absolute atomic E-state index is 0.00394. The Labute approximate surface area is 96.4 Å². The van der Waals surface area contributed by atoms with Crippen molar-refractivity contribution in [3.05, 3.63) is 22.3 Å². The van der Waals surface area contributed by atoms with E-state index < -0.39 is 0 Å². The molecule has 0 aliphatic rings. The van der Waals surface area contributed by atoms with Gasteiger partial charge in [0, 0.05) is 5.56 Å². The molecule has 0 bridgehead atoms. The molecule has 0 atom stereocenters. The molecule has 1 rings (SSSR count). The van der Waals surface area contributed by atoms with Gasteiger partial charge in [0.1, 0.15) is 11.5 Å². The van der Waals surface area contributed by atoms with Crippen LogP contribution in [0.1, 0.15) is 34.0 Å². The molecule has 3 heteroatoms. The first-order chi connectivity index (χ1) is 7.45. The molecule has 0 amide bonds. The van der Waals surface area contributed by atoms with Crippen molar-refractivity contribution in [1.29, 1.82) is 0 Å². The van der Waals surface area contributed by atoms with Gasteiger partial charge in [-0.2, -0.15) is 0 Å². The van der Waals surface area contributed by atoms with Gasteiger partial charge in [0.15, 0.2) is 5.78 Å². The minimum atomic E-state index is -0.00394. The van der Waals surface area contributed by atoms with Crippen LogP contribution in [-0.2, 0) is 0 Å². The standard InChI is InChI=1S/C13H18O3/c1-7-8(2)13(16-6)11(10(4)14)9(3)12(7)15-5/h1-6H3. The largest absolute Gasteiger partial charge is 0.496 e. The van der Waals surface area contributed by atoms with Gasteiger partial charge in [-0.3, -0.25) is 4.79 Å². The van der Waals surface area contributed by atoms with Crippen LogP contribution < -0.4 is 9.47 Å². The topological polar surface area (TPSA) is 35.5 Å². The average Bonchev–Trinajstić information content (AvgIpc) is 2.23. The smallest absolute Gasteiger partial charge is 0.163 e. The van der Waals surface area contributed by atoms with Crippen molar-refractivity contribution in [1.82, 2.24) is 0 Å². The summed E-state index contributed by atoms with van der Waals surface area (Å²) < 4.78 is 10.7. The van der Waals surface area contributed by atoms with Gasteiger partial charge < -0.3 is 9.47 Å². The summed E-state index contributed by atoms with van der Waals surface area (Å²) in [5.41, 5.74) is 3.43. The number of Topliss-reactive ketones (excluding diaryl/α,β-unsaturated/α-hetero) is 1. The predicted molar refractivity (Wildman–Crippen MR) is 63.8 cm³/mol. The van der Waals surface area contributed by atoms with Crippen LogP contribution >= 0.6 is 0 Å². The molecule has 0 heterocycles. The fourth-order valence-electron chi connectivity index (χ4n) is 2.08. The van der Waals surface area contributed by atoms with E-state index in [0.717, 1.165) is 22.4 Å². The summed E-state index contributed by atoms with van der Waals surface area (Å²) in [5, 5.41) is 0. The summed E-state index contributed by atoms with van der Waals surface area (Å²) in [5.74, 6) is 1.42. The molecule has 1 aromatic carbocycles. The first kappa shape index (κ1) is 12.6. The highest BCUT2D eigenvalue weighted by Gasteiger charge is 2.20. The van der Waals surface area contributed by atoms with Crippen LogP contribution in [0.3, 0.4) is 0 Å². The molecule has 88 valence electrons. The molecule has 0 aromatic heterocycles. The zero-order chi connectivity index (χ0) is 12.5. The van der Waals surface area contributed by atoms with Crippen LogP contribution in [0, 0.1) is 20.8 Å². The highest BCUT2D eigenvalue weighted by atomic mass is 16.5. The maximum Gasteiger partial charge on any atom is 0.163 e. The Bertz CT molecular complexity index is 434. The molecule has 16 heavy (non-hydrogen) atoms. The van der Waals surface area contributed by atoms with E-state index in [9.17, 15) is 4.79 Å². The summed E-state index contributed by atoms with van der Waals surface area (Å²) in [6, 6.07) is 0. The van der Waals surface area contributed by atoms with Crippen molar-refractivity contribution in [3.63, 3.8) is 0 Å². The molecule has 1 aromatic rings. The lowest BCUT2D eigenvalue weighted by Crippen LogP contribution is -2.07. The van der Waals surface area contributed by atoms with E-state index in [1.54, 1.807) is 21.1 Å². The van der Waals surface area contributed by atoms with Crippen LogP contribution in [0.4, 0.5) is 0 Å². The van der Waals surface area contributed by atoms with E-state index in [1.807, 2.05) is 20.8 Å². The third kappa shape index (κ3) is 1.77. The molecule has 0 spiro atoms. The molecule has 0 N–H and O–H groups in total. The molecule has 0 saturated heterocycles. The predicted octanol–water partition coefficient (Wildman–Crippen LogP) is 2.83. The number of hydrogen-bond donors (Lipinski definition) is 0. The molecule has 0 aliphatic carbocycles. The van der Waals surface area contributed by atoms with Gasteiger partial charge in [-0.05, 0) is 38.8 Å². The number of carbonyl (C=O) groups excluding carboxylic acids is 1. The van der Waals surface area contributed by atoms with Crippen LogP contribution in [0.5, 0.6) is 11.5 Å². The fraction of sp³-hybridized carbons (Fsp3) is 0.462. The maximum atomic E-state index is 11.6. The lowest BCUT2D eigenvalue weighted by Gasteiger charge is -2.18. The molecule has 0 fully saturated rings. The maximum absolute atomic E-state index is 11.6. The van der Waals surface area contributed by atoms with Gasteiger partial charge in [-0.25, -0.2) is 0 Å². The van der Waals surface area contributed by atoms with Crippen molar-refractivity contribution < 1.29 is 14.3 Å². The summed E-state index contributed by atoms with van der Waals surface area (Å²) in [6.07, 6.45) is 0. The van der Waals surface area contributed by atoms with Crippen molar-refractivity contribution in [2.75, 3.05) is 14.2 Å².